The lowest BCUT2D eigenvalue weighted by atomic mass is 10.1. The Hall–Kier alpha value is -1.53. The normalized spacial score (nSPS) is 18.7. The summed E-state index contributed by atoms with van der Waals surface area (Å²) in [4.78, 5) is 26.8. The van der Waals surface area contributed by atoms with E-state index >= 15 is 0 Å². The van der Waals surface area contributed by atoms with Crippen molar-refractivity contribution in [1.29, 1.82) is 0 Å². The Labute approximate surface area is 129 Å². The van der Waals surface area contributed by atoms with Crippen LogP contribution in [0.1, 0.15) is 24.2 Å². The first-order valence-electron chi connectivity index (χ1n) is 6.81. The van der Waals surface area contributed by atoms with Crippen LogP contribution in [-0.2, 0) is 9.53 Å². The molecule has 1 aromatic rings. The van der Waals surface area contributed by atoms with Crippen molar-refractivity contribution in [3.8, 4) is 0 Å². The van der Waals surface area contributed by atoms with Gasteiger partial charge in [-0.25, -0.2) is 0 Å². The summed E-state index contributed by atoms with van der Waals surface area (Å²) in [5.74, 6) is -0.113. The van der Waals surface area contributed by atoms with Crippen LogP contribution in [0.3, 0.4) is 0 Å². The number of carbonyl (C=O) groups excluding carboxylic acids is 2. The third kappa shape index (κ3) is 3.39. The minimum absolute atomic E-state index is 0.0116. The molecule has 1 aromatic carbocycles. The molecule has 21 heavy (non-hydrogen) atoms. The Kier molecular flexibility index (Phi) is 4.90. The molecule has 0 spiro atoms. The number of amides is 2. The van der Waals surface area contributed by atoms with Crippen molar-refractivity contribution in [2.45, 2.75) is 30.0 Å². The first-order valence-corrected chi connectivity index (χ1v) is 7.69. The Bertz CT molecular complexity index is 562. The SMILES string of the molecule is COC[C@H](C)N(C)C(=O)c1ccc2c(c1)NC(=O)[C@H](C)S2. The van der Waals surface area contributed by atoms with E-state index in [0.29, 0.717) is 17.9 Å². The summed E-state index contributed by atoms with van der Waals surface area (Å²) in [5.41, 5.74) is 1.27. The zero-order valence-electron chi connectivity index (χ0n) is 12.7. The number of nitrogens with one attached hydrogen (secondary N) is 1. The zero-order valence-corrected chi connectivity index (χ0v) is 13.5. The van der Waals surface area contributed by atoms with Gasteiger partial charge in [0.15, 0.2) is 0 Å². The number of fused-ring (bicyclic) bond motifs is 1. The van der Waals surface area contributed by atoms with Gasteiger partial charge in [-0.15, -0.1) is 11.8 Å². The van der Waals surface area contributed by atoms with Gasteiger partial charge in [-0.1, -0.05) is 0 Å². The molecule has 114 valence electrons. The van der Waals surface area contributed by atoms with Crippen LogP contribution in [-0.4, -0.2) is 48.8 Å². The number of nitrogens with zero attached hydrogens (tertiary/aromatic N) is 1. The topological polar surface area (TPSA) is 58.6 Å². The van der Waals surface area contributed by atoms with Crippen molar-refractivity contribution in [1.82, 2.24) is 4.90 Å². The van der Waals surface area contributed by atoms with Crippen LogP contribution in [0.5, 0.6) is 0 Å². The molecule has 0 saturated heterocycles. The highest BCUT2D eigenvalue weighted by Crippen LogP contribution is 2.36. The van der Waals surface area contributed by atoms with Gasteiger partial charge in [-0.05, 0) is 32.0 Å². The van der Waals surface area contributed by atoms with Gasteiger partial charge in [0.2, 0.25) is 5.91 Å². The van der Waals surface area contributed by atoms with Crippen LogP contribution in [0, 0.1) is 0 Å². The summed E-state index contributed by atoms with van der Waals surface area (Å²) in [5, 5.41) is 2.74. The van der Waals surface area contributed by atoms with Gasteiger partial charge in [0.1, 0.15) is 0 Å². The highest BCUT2D eigenvalue weighted by Gasteiger charge is 2.25. The lowest BCUT2D eigenvalue weighted by Gasteiger charge is -2.26. The molecule has 2 amide bonds. The summed E-state index contributed by atoms with van der Waals surface area (Å²) < 4.78 is 5.07. The molecule has 0 saturated carbocycles. The Morgan fingerprint density at radius 3 is 2.90 bits per heavy atom. The van der Waals surface area contributed by atoms with Crippen molar-refractivity contribution in [3.63, 3.8) is 0 Å². The molecular formula is C15H20N2O3S. The predicted molar refractivity (Wildman–Crippen MR) is 83.8 cm³/mol. The maximum absolute atomic E-state index is 12.4. The lowest BCUT2D eigenvalue weighted by molar-refractivity contribution is -0.115. The monoisotopic (exact) mass is 308 g/mol. The first-order chi connectivity index (χ1) is 9.93. The minimum Gasteiger partial charge on any atom is -0.383 e. The van der Waals surface area contributed by atoms with Gasteiger partial charge in [0.05, 0.1) is 23.6 Å². The molecule has 0 radical (unpaired) electrons. The Morgan fingerprint density at radius 2 is 2.24 bits per heavy atom. The third-order valence-electron chi connectivity index (χ3n) is 3.55. The molecule has 1 aliphatic rings. The number of ether oxygens (including phenoxy) is 1. The Morgan fingerprint density at radius 1 is 1.52 bits per heavy atom. The van der Waals surface area contributed by atoms with Crippen LogP contribution in [0.2, 0.25) is 0 Å². The van der Waals surface area contributed by atoms with Crippen LogP contribution in [0.15, 0.2) is 23.1 Å². The van der Waals surface area contributed by atoms with Crippen molar-refractivity contribution < 1.29 is 14.3 Å². The largest absolute Gasteiger partial charge is 0.383 e. The van der Waals surface area contributed by atoms with Gasteiger partial charge >= 0.3 is 0 Å². The molecule has 5 nitrogen and oxygen atoms in total. The fraction of sp³-hybridized carbons (Fsp3) is 0.467. The number of anilines is 1. The van der Waals surface area contributed by atoms with E-state index < -0.39 is 0 Å². The van der Waals surface area contributed by atoms with E-state index in [-0.39, 0.29) is 23.1 Å². The number of benzene rings is 1. The number of carbonyl (C=O) groups is 2. The number of likely N-dealkylation sites (N-methyl/N-ethyl adjacent to an activating group) is 1. The minimum atomic E-state index is -0.108. The second kappa shape index (κ2) is 6.49. The van der Waals surface area contributed by atoms with Gasteiger partial charge in [-0.2, -0.15) is 0 Å². The van der Waals surface area contributed by atoms with Crippen molar-refractivity contribution in [3.05, 3.63) is 23.8 Å². The summed E-state index contributed by atoms with van der Waals surface area (Å²) in [6, 6.07) is 5.42. The number of thioether (sulfide) groups is 1. The van der Waals surface area contributed by atoms with E-state index in [0.717, 1.165) is 4.90 Å². The number of hydrogen-bond acceptors (Lipinski definition) is 4. The molecule has 0 aliphatic carbocycles. The molecule has 0 fully saturated rings. The van der Waals surface area contributed by atoms with E-state index in [2.05, 4.69) is 5.32 Å². The molecule has 0 bridgehead atoms. The number of rotatable bonds is 4. The average molecular weight is 308 g/mol. The molecule has 2 atom stereocenters. The molecule has 1 aliphatic heterocycles. The molecule has 6 heteroatoms. The van der Waals surface area contributed by atoms with E-state index in [4.69, 9.17) is 4.74 Å². The first kappa shape index (κ1) is 15.9. The van der Waals surface area contributed by atoms with E-state index in [1.807, 2.05) is 19.9 Å². The molecule has 1 N–H and O–H groups in total. The van der Waals surface area contributed by atoms with E-state index in [1.165, 1.54) is 11.8 Å². The van der Waals surface area contributed by atoms with Crippen LogP contribution < -0.4 is 5.32 Å². The van der Waals surface area contributed by atoms with Crippen molar-refractivity contribution >= 4 is 29.3 Å². The summed E-state index contributed by atoms with van der Waals surface area (Å²) in [6.07, 6.45) is 0. The molecule has 0 unspecified atom stereocenters. The van der Waals surface area contributed by atoms with E-state index in [1.54, 1.807) is 31.2 Å². The smallest absolute Gasteiger partial charge is 0.253 e. The Balaban J connectivity index is 2.20. The molecule has 0 aromatic heterocycles. The highest BCUT2D eigenvalue weighted by atomic mass is 32.2. The molecule has 2 rings (SSSR count). The highest BCUT2D eigenvalue weighted by molar-refractivity contribution is 8.00. The zero-order chi connectivity index (χ0) is 15.6. The maximum Gasteiger partial charge on any atom is 0.253 e. The van der Waals surface area contributed by atoms with Crippen molar-refractivity contribution in [2.24, 2.45) is 0 Å². The van der Waals surface area contributed by atoms with Crippen LogP contribution >= 0.6 is 11.8 Å². The van der Waals surface area contributed by atoms with Crippen molar-refractivity contribution in [2.75, 3.05) is 26.1 Å². The average Bonchev–Trinajstić information content (AvgIpc) is 2.46. The number of methoxy groups -OCH3 is 1. The lowest BCUT2D eigenvalue weighted by Crippen LogP contribution is -2.38. The molecular weight excluding hydrogens is 288 g/mol. The van der Waals surface area contributed by atoms with Gasteiger partial charge in [0.25, 0.3) is 5.91 Å². The standard InChI is InChI=1S/C15H20N2O3S/c1-9(8-20-4)17(3)15(19)11-5-6-13-12(7-11)16-14(18)10(2)21-13/h5-7,9-10H,8H2,1-4H3,(H,16,18)/t9-,10-/m0/s1. The van der Waals surface area contributed by atoms with Crippen LogP contribution in [0.4, 0.5) is 5.69 Å². The van der Waals surface area contributed by atoms with Gasteiger partial charge < -0.3 is 15.0 Å². The second-order valence-corrected chi connectivity index (χ2v) is 6.56. The maximum atomic E-state index is 12.4. The fourth-order valence-electron chi connectivity index (χ4n) is 2.10. The quantitative estimate of drug-likeness (QED) is 0.926. The fourth-order valence-corrected chi connectivity index (χ4v) is 3.03. The van der Waals surface area contributed by atoms with E-state index in [9.17, 15) is 9.59 Å². The van der Waals surface area contributed by atoms with Gasteiger partial charge in [-0.3, -0.25) is 9.59 Å². The van der Waals surface area contributed by atoms with Gasteiger partial charge in [0, 0.05) is 24.6 Å². The van der Waals surface area contributed by atoms with Crippen LogP contribution in [0.25, 0.3) is 0 Å². The molecule has 1 heterocycles. The predicted octanol–water partition coefficient (Wildman–Crippen LogP) is 2.23. The second-order valence-electron chi connectivity index (χ2n) is 5.18. The summed E-state index contributed by atoms with van der Waals surface area (Å²) in [6.45, 7) is 4.28. The summed E-state index contributed by atoms with van der Waals surface area (Å²) >= 11 is 1.51. The third-order valence-corrected chi connectivity index (χ3v) is 4.72. The summed E-state index contributed by atoms with van der Waals surface area (Å²) in [7, 11) is 3.36. The number of hydrogen-bond donors (Lipinski definition) is 1.